The Morgan fingerprint density at radius 3 is 2.79 bits per heavy atom. The third kappa shape index (κ3) is 5.62. The van der Waals surface area contributed by atoms with Crippen LogP contribution in [0.3, 0.4) is 0 Å². The topological polar surface area (TPSA) is 24.9 Å². The van der Waals surface area contributed by atoms with Gasteiger partial charge in [-0.05, 0) is 44.5 Å². The summed E-state index contributed by atoms with van der Waals surface area (Å²) in [6.45, 7) is 14.7. The number of ether oxygens (including phenoxy) is 2. The van der Waals surface area contributed by atoms with E-state index in [2.05, 4.69) is 48.5 Å². The maximum atomic E-state index is 5.71. The molecular weight excluding hydrogens is 300 g/mol. The quantitative estimate of drug-likeness (QED) is 0.649. The molecule has 1 saturated heterocycles. The van der Waals surface area contributed by atoms with E-state index >= 15 is 0 Å². The first-order valence-corrected chi connectivity index (χ1v) is 8.99. The Bertz CT molecular complexity index is 512. The molecule has 4 nitrogen and oxygen atoms in total. The largest absolute Gasteiger partial charge is 0.494 e. The van der Waals surface area contributed by atoms with Crippen LogP contribution in [-0.2, 0) is 17.7 Å². The lowest BCUT2D eigenvalue weighted by atomic mass is 10.1. The summed E-state index contributed by atoms with van der Waals surface area (Å²) in [6, 6.07) is 7.07. The van der Waals surface area contributed by atoms with Crippen LogP contribution in [0.2, 0.25) is 0 Å². The lowest BCUT2D eigenvalue weighted by Crippen LogP contribution is -2.46. The lowest BCUT2D eigenvalue weighted by molar-refractivity contribution is 0.0137. The van der Waals surface area contributed by atoms with E-state index in [1.807, 2.05) is 13.0 Å². The van der Waals surface area contributed by atoms with Crippen LogP contribution in [0.15, 0.2) is 30.9 Å². The maximum absolute atomic E-state index is 5.71. The van der Waals surface area contributed by atoms with Gasteiger partial charge >= 0.3 is 0 Å². The first-order chi connectivity index (χ1) is 11.6. The minimum absolute atomic E-state index is 0.550. The average molecular weight is 332 g/mol. The van der Waals surface area contributed by atoms with Crippen molar-refractivity contribution in [3.8, 4) is 5.75 Å². The van der Waals surface area contributed by atoms with Gasteiger partial charge in [0.15, 0.2) is 0 Å². The van der Waals surface area contributed by atoms with Crippen molar-refractivity contribution in [2.75, 3.05) is 46.5 Å². The Morgan fingerprint density at radius 1 is 1.38 bits per heavy atom. The van der Waals surface area contributed by atoms with Gasteiger partial charge in [-0.2, -0.15) is 0 Å². The van der Waals surface area contributed by atoms with Gasteiger partial charge in [0.05, 0.1) is 19.8 Å². The van der Waals surface area contributed by atoms with E-state index in [-0.39, 0.29) is 0 Å². The highest BCUT2D eigenvalue weighted by atomic mass is 16.5. The first-order valence-electron chi connectivity index (χ1n) is 8.99. The molecule has 1 aromatic rings. The van der Waals surface area contributed by atoms with E-state index in [4.69, 9.17) is 9.47 Å². The number of hydrogen-bond acceptors (Lipinski definition) is 4. The molecule has 0 bridgehead atoms. The van der Waals surface area contributed by atoms with Crippen LogP contribution in [0.4, 0.5) is 0 Å². The minimum Gasteiger partial charge on any atom is -0.494 e. The summed E-state index contributed by atoms with van der Waals surface area (Å²) in [4.78, 5) is 4.91. The number of morpholine rings is 1. The van der Waals surface area contributed by atoms with Gasteiger partial charge in [0, 0.05) is 32.2 Å². The van der Waals surface area contributed by atoms with Gasteiger partial charge < -0.3 is 14.4 Å². The molecule has 1 heterocycles. The molecule has 2 rings (SSSR count). The van der Waals surface area contributed by atoms with Gasteiger partial charge in [0.1, 0.15) is 5.75 Å². The van der Waals surface area contributed by atoms with Crippen LogP contribution >= 0.6 is 0 Å². The SMILES string of the molecule is C=CCc1cc(CN(C)C[C@H](C)N2CCOCC2)ccc1OCC. The molecule has 0 aliphatic carbocycles. The fourth-order valence-corrected chi connectivity index (χ4v) is 3.30. The smallest absolute Gasteiger partial charge is 0.122 e. The van der Waals surface area contributed by atoms with Gasteiger partial charge in [0.25, 0.3) is 0 Å². The zero-order chi connectivity index (χ0) is 17.4. The summed E-state index contributed by atoms with van der Waals surface area (Å²) in [5, 5.41) is 0. The highest BCUT2D eigenvalue weighted by Crippen LogP contribution is 2.22. The van der Waals surface area contributed by atoms with E-state index in [9.17, 15) is 0 Å². The highest BCUT2D eigenvalue weighted by molar-refractivity contribution is 5.38. The van der Waals surface area contributed by atoms with E-state index in [1.54, 1.807) is 0 Å². The predicted molar refractivity (Wildman–Crippen MR) is 99.7 cm³/mol. The Hall–Kier alpha value is -1.36. The summed E-state index contributed by atoms with van der Waals surface area (Å²) < 4.78 is 11.2. The van der Waals surface area contributed by atoms with Gasteiger partial charge in [-0.25, -0.2) is 0 Å². The molecule has 1 atom stereocenters. The van der Waals surface area contributed by atoms with Crippen LogP contribution in [-0.4, -0.2) is 62.3 Å². The zero-order valence-electron chi connectivity index (χ0n) is 15.5. The lowest BCUT2D eigenvalue weighted by Gasteiger charge is -2.34. The van der Waals surface area contributed by atoms with Crippen molar-refractivity contribution in [1.29, 1.82) is 0 Å². The molecule has 0 radical (unpaired) electrons. The summed E-state index contributed by atoms with van der Waals surface area (Å²) in [5.41, 5.74) is 2.55. The van der Waals surface area contributed by atoms with Gasteiger partial charge in [-0.3, -0.25) is 4.90 Å². The van der Waals surface area contributed by atoms with Crippen LogP contribution < -0.4 is 4.74 Å². The predicted octanol–water partition coefficient (Wildman–Crippen LogP) is 2.97. The van der Waals surface area contributed by atoms with E-state index in [0.29, 0.717) is 12.6 Å². The standard InChI is InChI=1S/C20H32N2O2/c1-5-7-19-14-18(8-9-20(19)24-6-2)16-21(4)15-17(3)22-10-12-23-13-11-22/h5,8-9,14,17H,1,6-7,10-13,15-16H2,2-4H3/t17-/m0/s1. The number of benzene rings is 1. The number of rotatable bonds is 9. The summed E-state index contributed by atoms with van der Waals surface area (Å²) in [5.74, 6) is 0.977. The Labute approximate surface area is 147 Å². The Kier molecular flexibility index (Phi) is 7.76. The molecule has 0 saturated carbocycles. The normalized spacial score (nSPS) is 17.0. The Morgan fingerprint density at radius 2 is 2.12 bits per heavy atom. The van der Waals surface area contributed by atoms with Crippen molar-refractivity contribution < 1.29 is 9.47 Å². The van der Waals surface area contributed by atoms with Gasteiger partial charge in [-0.1, -0.05) is 18.2 Å². The average Bonchev–Trinajstić information content (AvgIpc) is 2.58. The van der Waals surface area contributed by atoms with E-state index in [1.165, 1.54) is 11.1 Å². The third-order valence-corrected chi connectivity index (χ3v) is 4.49. The molecule has 1 aliphatic rings. The Balaban J connectivity index is 1.93. The van der Waals surface area contributed by atoms with Crippen LogP contribution in [0, 0.1) is 0 Å². The highest BCUT2D eigenvalue weighted by Gasteiger charge is 2.18. The molecule has 0 unspecified atom stereocenters. The summed E-state index contributed by atoms with van der Waals surface area (Å²) in [7, 11) is 2.20. The second kappa shape index (κ2) is 9.82. The second-order valence-electron chi connectivity index (χ2n) is 6.56. The van der Waals surface area contributed by atoms with Gasteiger partial charge in [-0.15, -0.1) is 6.58 Å². The molecule has 0 N–H and O–H groups in total. The van der Waals surface area contributed by atoms with Gasteiger partial charge in [0.2, 0.25) is 0 Å². The minimum atomic E-state index is 0.550. The number of hydrogen-bond donors (Lipinski definition) is 0. The fourth-order valence-electron chi connectivity index (χ4n) is 3.30. The first kappa shape index (κ1) is 19.0. The van der Waals surface area contributed by atoms with E-state index < -0.39 is 0 Å². The molecular formula is C20H32N2O2. The zero-order valence-corrected chi connectivity index (χ0v) is 15.5. The van der Waals surface area contributed by atoms with Crippen LogP contribution in [0.1, 0.15) is 25.0 Å². The number of likely N-dealkylation sites (N-methyl/N-ethyl adjacent to an activating group) is 1. The molecule has 134 valence electrons. The monoisotopic (exact) mass is 332 g/mol. The van der Waals surface area contributed by atoms with Crippen LogP contribution in [0.5, 0.6) is 5.75 Å². The molecule has 1 aliphatic heterocycles. The maximum Gasteiger partial charge on any atom is 0.122 e. The van der Waals surface area contributed by atoms with Crippen molar-refractivity contribution in [2.24, 2.45) is 0 Å². The molecule has 4 heteroatoms. The number of allylic oxidation sites excluding steroid dienone is 1. The van der Waals surface area contributed by atoms with Crippen LogP contribution in [0.25, 0.3) is 0 Å². The second-order valence-corrected chi connectivity index (χ2v) is 6.56. The summed E-state index contributed by atoms with van der Waals surface area (Å²) in [6.07, 6.45) is 2.78. The molecule has 0 amide bonds. The van der Waals surface area contributed by atoms with Crippen molar-refractivity contribution in [3.05, 3.63) is 42.0 Å². The molecule has 1 fully saturated rings. The number of nitrogens with zero attached hydrogens (tertiary/aromatic N) is 2. The van der Waals surface area contributed by atoms with Crippen molar-refractivity contribution >= 4 is 0 Å². The molecule has 24 heavy (non-hydrogen) atoms. The van der Waals surface area contributed by atoms with E-state index in [0.717, 1.165) is 51.6 Å². The molecule has 1 aromatic carbocycles. The third-order valence-electron chi connectivity index (χ3n) is 4.49. The fraction of sp³-hybridized carbons (Fsp3) is 0.600. The van der Waals surface area contributed by atoms with Crippen molar-refractivity contribution in [2.45, 2.75) is 32.9 Å². The van der Waals surface area contributed by atoms with Crippen molar-refractivity contribution in [1.82, 2.24) is 9.80 Å². The molecule has 0 aromatic heterocycles. The van der Waals surface area contributed by atoms with Crippen molar-refractivity contribution in [3.63, 3.8) is 0 Å². The summed E-state index contributed by atoms with van der Waals surface area (Å²) >= 11 is 0. The molecule has 0 spiro atoms.